The first-order valence-corrected chi connectivity index (χ1v) is 16.3. The van der Waals surface area contributed by atoms with Gasteiger partial charge >= 0.3 is 5.97 Å². The highest BCUT2D eigenvalue weighted by atomic mass is 32.2. The molecule has 2 atom stereocenters. The highest BCUT2D eigenvalue weighted by Crippen LogP contribution is 2.48. The molecule has 2 unspecified atom stereocenters. The number of benzene rings is 3. The summed E-state index contributed by atoms with van der Waals surface area (Å²) in [6.07, 6.45) is 3.62. The number of hydrogen-bond donors (Lipinski definition) is 2. The number of aliphatic hydroxyl groups is 1. The molecule has 2 fully saturated rings. The highest BCUT2D eigenvalue weighted by Gasteiger charge is 2.45. The lowest BCUT2D eigenvalue weighted by Gasteiger charge is -2.31. The van der Waals surface area contributed by atoms with Gasteiger partial charge in [0.1, 0.15) is 36.1 Å². The molecule has 2 N–H and O–H groups in total. The summed E-state index contributed by atoms with van der Waals surface area (Å²) < 4.78 is 50.2. The average molecular weight is 595 g/mol. The minimum Gasteiger partial charge on any atom is -0.491 e. The van der Waals surface area contributed by atoms with Crippen molar-refractivity contribution in [2.75, 3.05) is 18.1 Å². The van der Waals surface area contributed by atoms with E-state index in [9.17, 15) is 22.7 Å². The molecule has 0 aromatic heterocycles. The van der Waals surface area contributed by atoms with Crippen LogP contribution in [-0.2, 0) is 34.1 Å². The summed E-state index contributed by atoms with van der Waals surface area (Å²) in [4.78, 5) is 11.2. The van der Waals surface area contributed by atoms with Gasteiger partial charge in [0.2, 0.25) is 0 Å². The molecule has 3 aliphatic rings. The molecule has 0 radical (unpaired) electrons. The van der Waals surface area contributed by atoms with Crippen molar-refractivity contribution >= 4 is 15.8 Å². The van der Waals surface area contributed by atoms with Crippen molar-refractivity contribution in [3.8, 4) is 22.6 Å². The van der Waals surface area contributed by atoms with E-state index in [4.69, 9.17) is 14.6 Å². The molecule has 3 aromatic carbocycles. The number of aryl methyl sites for hydroxylation is 3. The van der Waals surface area contributed by atoms with E-state index < -0.39 is 33.1 Å². The van der Waals surface area contributed by atoms with E-state index >= 15 is 0 Å². The van der Waals surface area contributed by atoms with Crippen LogP contribution in [0.25, 0.3) is 11.1 Å². The summed E-state index contributed by atoms with van der Waals surface area (Å²) >= 11 is 0. The molecule has 6 rings (SSSR count). The molecular weight excluding hydrogens is 559 g/mol. The molecule has 1 saturated carbocycles. The first kappa shape index (κ1) is 28.7. The van der Waals surface area contributed by atoms with Crippen molar-refractivity contribution in [3.63, 3.8) is 0 Å². The minimum atomic E-state index is -3.08. The molecular formula is C33H35FO7S. The zero-order chi connectivity index (χ0) is 29.6. The van der Waals surface area contributed by atoms with Crippen LogP contribution in [0.3, 0.4) is 0 Å². The van der Waals surface area contributed by atoms with E-state index in [-0.39, 0.29) is 43.5 Å². The van der Waals surface area contributed by atoms with Crippen LogP contribution in [0.4, 0.5) is 4.39 Å². The second-order valence-electron chi connectivity index (χ2n) is 12.0. The fraction of sp³-hybridized carbons (Fsp3) is 0.424. The maximum absolute atomic E-state index is 14.7. The Bertz CT molecular complexity index is 1630. The number of ether oxygens (including phenoxy) is 2. The Labute approximate surface area is 245 Å². The predicted octanol–water partition coefficient (Wildman–Crippen LogP) is 5.38. The maximum atomic E-state index is 14.7. The smallest absolute Gasteiger partial charge is 0.307 e. The molecule has 2 aliphatic carbocycles. The number of carboxylic acids is 1. The monoisotopic (exact) mass is 594 g/mol. The normalized spacial score (nSPS) is 21.9. The van der Waals surface area contributed by atoms with Crippen LogP contribution >= 0.6 is 0 Å². The van der Waals surface area contributed by atoms with Gasteiger partial charge < -0.3 is 19.7 Å². The number of sulfone groups is 1. The van der Waals surface area contributed by atoms with Gasteiger partial charge in [0.15, 0.2) is 9.84 Å². The maximum Gasteiger partial charge on any atom is 0.307 e. The van der Waals surface area contributed by atoms with Crippen LogP contribution in [0.15, 0.2) is 48.5 Å². The lowest BCUT2D eigenvalue weighted by Crippen LogP contribution is -2.43. The highest BCUT2D eigenvalue weighted by molar-refractivity contribution is 7.91. The van der Waals surface area contributed by atoms with Crippen molar-refractivity contribution in [1.29, 1.82) is 0 Å². The average Bonchev–Trinajstić information content (AvgIpc) is 3.76. The zero-order valence-electron chi connectivity index (χ0n) is 23.6. The second-order valence-corrected chi connectivity index (χ2v) is 14.3. The van der Waals surface area contributed by atoms with Crippen LogP contribution < -0.4 is 9.47 Å². The summed E-state index contributed by atoms with van der Waals surface area (Å²) in [5, 5.41) is 20.0. The molecule has 9 heteroatoms. The second kappa shape index (κ2) is 11.0. The molecule has 1 aliphatic heterocycles. The van der Waals surface area contributed by atoms with Gasteiger partial charge in [-0.2, -0.15) is 0 Å². The van der Waals surface area contributed by atoms with Crippen molar-refractivity contribution in [2.45, 2.75) is 63.6 Å². The fourth-order valence-electron chi connectivity index (χ4n) is 6.28. The molecule has 0 spiro atoms. The Morgan fingerprint density at radius 1 is 1.00 bits per heavy atom. The number of rotatable bonds is 8. The summed E-state index contributed by atoms with van der Waals surface area (Å²) in [5.41, 5.74) is 6.00. The van der Waals surface area contributed by atoms with Gasteiger partial charge in [0.25, 0.3) is 0 Å². The van der Waals surface area contributed by atoms with E-state index in [0.717, 1.165) is 47.1 Å². The Morgan fingerprint density at radius 2 is 1.76 bits per heavy atom. The third-order valence-electron chi connectivity index (χ3n) is 8.88. The van der Waals surface area contributed by atoms with Crippen molar-refractivity contribution in [2.24, 2.45) is 5.92 Å². The van der Waals surface area contributed by atoms with E-state index in [2.05, 4.69) is 12.1 Å². The third-order valence-corrected chi connectivity index (χ3v) is 10.5. The van der Waals surface area contributed by atoms with Crippen LogP contribution in [0.1, 0.15) is 59.4 Å². The van der Waals surface area contributed by atoms with Gasteiger partial charge in [0, 0.05) is 12.0 Å². The SMILES string of the molecule is Cc1cc(OCC2(O)CCS(=O)(=O)CC2)cc2c1-c1cc(COc3ccc(C4CC4C(=O)O)c(F)c3)ccc1CCC2. The van der Waals surface area contributed by atoms with Gasteiger partial charge in [-0.1, -0.05) is 18.2 Å². The summed E-state index contributed by atoms with van der Waals surface area (Å²) in [6, 6.07) is 15.0. The molecule has 3 aromatic rings. The van der Waals surface area contributed by atoms with Gasteiger partial charge in [-0.3, -0.25) is 4.79 Å². The van der Waals surface area contributed by atoms with Gasteiger partial charge in [-0.25, -0.2) is 12.8 Å². The van der Waals surface area contributed by atoms with Crippen LogP contribution in [-0.4, -0.2) is 48.3 Å². The lowest BCUT2D eigenvalue weighted by atomic mass is 9.91. The molecule has 0 bridgehead atoms. The standard InChI is InChI=1S/C33H35FO7S/c1-20-13-25(41-19-33(37)9-11-42(38,39)12-10-33)15-23-4-2-3-22-6-5-21(14-27(22)31(20)23)18-40-24-7-8-26(30(34)16-24)28-17-29(28)32(35)36/h5-8,13-16,28-29,37H,2-4,9-12,17-19H2,1H3,(H,35,36). The number of carboxylic acid groups (broad SMARTS) is 1. The quantitative estimate of drug-likeness (QED) is 0.361. The Hall–Kier alpha value is -3.43. The number of halogens is 1. The number of aliphatic carboxylic acids is 1. The minimum absolute atomic E-state index is 0.0210. The van der Waals surface area contributed by atoms with Crippen LogP contribution in [0, 0.1) is 18.7 Å². The van der Waals surface area contributed by atoms with Crippen LogP contribution in [0.2, 0.25) is 0 Å². The Morgan fingerprint density at radius 3 is 2.48 bits per heavy atom. The fourth-order valence-corrected chi connectivity index (χ4v) is 7.87. The van der Waals surface area contributed by atoms with E-state index in [1.807, 2.05) is 25.1 Å². The molecule has 7 nitrogen and oxygen atoms in total. The molecule has 1 saturated heterocycles. The molecule has 1 heterocycles. The number of carbonyl (C=O) groups is 1. The zero-order valence-corrected chi connectivity index (χ0v) is 24.4. The third kappa shape index (κ3) is 6.03. The lowest BCUT2D eigenvalue weighted by molar-refractivity contribution is -0.138. The van der Waals surface area contributed by atoms with E-state index in [0.29, 0.717) is 23.5 Å². The van der Waals surface area contributed by atoms with Gasteiger partial charge in [-0.15, -0.1) is 0 Å². The topological polar surface area (TPSA) is 110 Å². The first-order valence-electron chi connectivity index (χ1n) is 14.5. The van der Waals surface area contributed by atoms with Crippen molar-refractivity contribution in [1.82, 2.24) is 0 Å². The molecule has 0 amide bonds. The van der Waals surface area contributed by atoms with Gasteiger partial charge in [0.05, 0.1) is 17.4 Å². The number of fused-ring (bicyclic) bond motifs is 3. The van der Waals surface area contributed by atoms with E-state index in [1.165, 1.54) is 11.6 Å². The van der Waals surface area contributed by atoms with Crippen molar-refractivity contribution < 1.29 is 37.3 Å². The number of hydrogen-bond acceptors (Lipinski definition) is 6. The largest absolute Gasteiger partial charge is 0.491 e. The first-order chi connectivity index (χ1) is 20.0. The van der Waals surface area contributed by atoms with Crippen LogP contribution in [0.5, 0.6) is 11.5 Å². The predicted molar refractivity (Wildman–Crippen MR) is 156 cm³/mol. The van der Waals surface area contributed by atoms with Gasteiger partial charge in [-0.05, 0) is 109 Å². The van der Waals surface area contributed by atoms with E-state index in [1.54, 1.807) is 12.1 Å². The Balaban J connectivity index is 1.17. The van der Waals surface area contributed by atoms with Crippen molar-refractivity contribution in [3.05, 3.63) is 82.2 Å². The molecule has 42 heavy (non-hydrogen) atoms. The molecule has 222 valence electrons. The Kier molecular flexibility index (Phi) is 7.51. The summed E-state index contributed by atoms with van der Waals surface area (Å²) in [7, 11) is -3.08. The summed E-state index contributed by atoms with van der Waals surface area (Å²) in [5.74, 6) is -1.08. The summed E-state index contributed by atoms with van der Waals surface area (Å²) in [6.45, 7) is 2.36.